The minimum atomic E-state index is 0.0753. The van der Waals surface area contributed by atoms with Crippen LogP contribution in [0, 0.1) is 0 Å². The predicted molar refractivity (Wildman–Crippen MR) is 91.7 cm³/mol. The number of carbonyl (C=O) groups excluding carboxylic acids is 1. The third-order valence-corrected chi connectivity index (χ3v) is 3.70. The van der Waals surface area contributed by atoms with Crippen LogP contribution in [0.15, 0.2) is 73.1 Å². The number of carbonyl (C=O) groups is 1. The second kappa shape index (κ2) is 6.92. The van der Waals surface area contributed by atoms with Gasteiger partial charge < -0.3 is 4.90 Å². The van der Waals surface area contributed by atoms with Crippen LogP contribution in [0.25, 0.3) is 5.69 Å². The Bertz CT molecular complexity index is 766. The number of nitrogens with zero attached hydrogens (tertiary/aromatic N) is 3. The molecule has 116 valence electrons. The highest BCUT2D eigenvalue weighted by Crippen LogP contribution is 2.15. The highest BCUT2D eigenvalue weighted by atomic mass is 16.2. The van der Waals surface area contributed by atoms with Gasteiger partial charge in [0.2, 0.25) is 5.91 Å². The van der Waals surface area contributed by atoms with E-state index in [1.54, 1.807) is 15.8 Å². The van der Waals surface area contributed by atoms with E-state index in [1.807, 2.05) is 73.8 Å². The SMILES string of the molecule is CCN(C(=O)Cc1cnn(-c2ccccc2)c1)c1ccccc1. The smallest absolute Gasteiger partial charge is 0.231 e. The average Bonchev–Trinajstić information content (AvgIpc) is 3.06. The van der Waals surface area contributed by atoms with Crippen molar-refractivity contribution in [3.8, 4) is 5.69 Å². The van der Waals surface area contributed by atoms with E-state index in [0.717, 1.165) is 16.9 Å². The molecule has 0 atom stereocenters. The lowest BCUT2D eigenvalue weighted by Gasteiger charge is -2.20. The van der Waals surface area contributed by atoms with Gasteiger partial charge in [-0.2, -0.15) is 5.10 Å². The van der Waals surface area contributed by atoms with Gasteiger partial charge >= 0.3 is 0 Å². The van der Waals surface area contributed by atoms with E-state index in [2.05, 4.69) is 5.10 Å². The number of amides is 1. The van der Waals surface area contributed by atoms with Crippen molar-refractivity contribution in [3.63, 3.8) is 0 Å². The molecule has 0 aliphatic heterocycles. The predicted octanol–water partition coefficient (Wildman–Crippen LogP) is 3.47. The zero-order valence-corrected chi connectivity index (χ0v) is 13.1. The Labute approximate surface area is 136 Å². The highest BCUT2D eigenvalue weighted by molar-refractivity contribution is 5.94. The highest BCUT2D eigenvalue weighted by Gasteiger charge is 2.15. The number of likely N-dealkylation sites (N-methyl/N-ethyl adjacent to an activating group) is 1. The Morgan fingerprint density at radius 3 is 2.35 bits per heavy atom. The zero-order valence-electron chi connectivity index (χ0n) is 13.1. The van der Waals surface area contributed by atoms with Crippen LogP contribution in [0.2, 0.25) is 0 Å². The fourth-order valence-electron chi connectivity index (χ4n) is 2.55. The molecule has 23 heavy (non-hydrogen) atoms. The average molecular weight is 305 g/mol. The van der Waals surface area contributed by atoms with Gasteiger partial charge in [-0.05, 0) is 36.8 Å². The Kier molecular flexibility index (Phi) is 4.52. The fourth-order valence-corrected chi connectivity index (χ4v) is 2.55. The number of aromatic nitrogens is 2. The molecule has 4 nitrogen and oxygen atoms in total. The number of rotatable bonds is 5. The number of hydrogen-bond acceptors (Lipinski definition) is 2. The molecule has 1 heterocycles. The lowest BCUT2D eigenvalue weighted by molar-refractivity contribution is -0.117. The topological polar surface area (TPSA) is 38.1 Å². The molecule has 0 bridgehead atoms. The van der Waals surface area contributed by atoms with Gasteiger partial charge in [-0.15, -0.1) is 0 Å². The molecule has 0 saturated carbocycles. The molecule has 0 aliphatic carbocycles. The molecular formula is C19H19N3O. The van der Waals surface area contributed by atoms with Crippen LogP contribution in [0.5, 0.6) is 0 Å². The second-order valence-corrected chi connectivity index (χ2v) is 5.28. The molecule has 0 radical (unpaired) electrons. The summed E-state index contributed by atoms with van der Waals surface area (Å²) in [4.78, 5) is 14.4. The minimum absolute atomic E-state index is 0.0753. The largest absolute Gasteiger partial charge is 0.312 e. The Balaban J connectivity index is 1.74. The third-order valence-electron chi connectivity index (χ3n) is 3.70. The molecule has 0 aliphatic rings. The quantitative estimate of drug-likeness (QED) is 0.724. The standard InChI is InChI=1S/C19H19N3O/c1-2-21(17-9-5-3-6-10-17)19(23)13-16-14-20-22(15-16)18-11-7-4-8-12-18/h3-12,14-15H,2,13H2,1H3. The maximum Gasteiger partial charge on any atom is 0.231 e. The van der Waals surface area contributed by atoms with Crippen molar-refractivity contribution in [1.82, 2.24) is 9.78 Å². The molecule has 3 rings (SSSR count). The van der Waals surface area contributed by atoms with E-state index in [-0.39, 0.29) is 5.91 Å². The first-order chi connectivity index (χ1) is 11.3. The first-order valence-electron chi connectivity index (χ1n) is 7.72. The van der Waals surface area contributed by atoms with Gasteiger partial charge in [-0.3, -0.25) is 4.79 Å². The summed E-state index contributed by atoms with van der Waals surface area (Å²) in [6.45, 7) is 2.63. The number of benzene rings is 2. The monoisotopic (exact) mass is 305 g/mol. The lowest BCUT2D eigenvalue weighted by atomic mass is 10.2. The van der Waals surface area contributed by atoms with Crippen LogP contribution in [0.3, 0.4) is 0 Å². The van der Waals surface area contributed by atoms with Crippen molar-refractivity contribution < 1.29 is 4.79 Å². The normalized spacial score (nSPS) is 10.5. The summed E-state index contributed by atoms with van der Waals surface area (Å²) in [5, 5.41) is 4.34. The van der Waals surface area contributed by atoms with Crippen LogP contribution in [0.1, 0.15) is 12.5 Å². The maximum atomic E-state index is 12.6. The molecule has 0 saturated heterocycles. The molecule has 0 fully saturated rings. The van der Waals surface area contributed by atoms with Gasteiger partial charge in [-0.25, -0.2) is 4.68 Å². The summed E-state index contributed by atoms with van der Waals surface area (Å²) in [7, 11) is 0. The van der Waals surface area contributed by atoms with Crippen LogP contribution >= 0.6 is 0 Å². The Hall–Kier alpha value is -2.88. The van der Waals surface area contributed by atoms with Crippen molar-refractivity contribution in [1.29, 1.82) is 0 Å². The van der Waals surface area contributed by atoms with Gasteiger partial charge in [0.15, 0.2) is 0 Å². The van der Waals surface area contributed by atoms with Crippen molar-refractivity contribution in [2.75, 3.05) is 11.4 Å². The molecule has 4 heteroatoms. The van der Waals surface area contributed by atoms with Gasteiger partial charge in [-0.1, -0.05) is 36.4 Å². The van der Waals surface area contributed by atoms with Crippen LogP contribution < -0.4 is 4.90 Å². The van der Waals surface area contributed by atoms with Crippen molar-refractivity contribution in [2.45, 2.75) is 13.3 Å². The molecular weight excluding hydrogens is 286 g/mol. The Morgan fingerprint density at radius 1 is 1.04 bits per heavy atom. The Morgan fingerprint density at radius 2 is 1.70 bits per heavy atom. The molecule has 0 spiro atoms. The van der Waals surface area contributed by atoms with E-state index >= 15 is 0 Å². The van der Waals surface area contributed by atoms with Crippen molar-refractivity contribution in [3.05, 3.63) is 78.6 Å². The zero-order chi connectivity index (χ0) is 16.1. The number of para-hydroxylation sites is 2. The van der Waals surface area contributed by atoms with E-state index in [9.17, 15) is 4.79 Å². The fraction of sp³-hybridized carbons (Fsp3) is 0.158. The molecule has 1 aromatic heterocycles. The lowest BCUT2D eigenvalue weighted by Crippen LogP contribution is -2.31. The molecule has 0 unspecified atom stereocenters. The van der Waals surface area contributed by atoms with E-state index in [4.69, 9.17) is 0 Å². The summed E-state index contributed by atoms with van der Waals surface area (Å²) in [6.07, 6.45) is 4.01. The van der Waals surface area contributed by atoms with E-state index in [0.29, 0.717) is 13.0 Å². The molecule has 0 N–H and O–H groups in total. The first-order valence-corrected chi connectivity index (χ1v) is 7.72. The van der Waals surface area contributed by atoms with Gasteiger partial charge in [0.25, 0.3) is 0 Å². The third kappa shape index (κ3) is 3.48. The number of hydrogen-bond donors (Lipinski definition) is 0. The first kappa shape index (κ1) is 15.0. The summed E-state index contributed by atoms with van der Waals surface area (Å²) in [5.41, 5.74) is 2.82. The summed E-state index contributed by atoms with van der Waals surface area (Å²) in [6, 6.07) is 19.6. The second-order valence-electron chi connectivity index (χ2n) is 5.28. The van der Waals surface area contributed by atoms with Crippen molar-refractivity contribution >= 4 is 11.6 Å². The molecule has 2 aromatic carbocycles. The summed E-state index contributed by atoms with van der Waals surface area (Å²) < 4.78 is 1.79. The van der Waals surface area contributed by atoms with Crippen LogP contribution in [0.4, 0.5) is 5.69 Å². The van der Waals surface area contributed by atoms with E-state index in [1.165, 1.54) is 0 Å². The van der Waals surface area contributed by atoms with Crippen molar-refractivity contribution in [2.24, 2.45) is 0 Å². The molecule has 3 aromatic rings. The number of anilines is 1. The van der Waals surface area contributed by atoms with E-state index < -0.39 is 0 Å². The van der Waals surface area contributed by atoms with Crippen LogP contribution in [-0.2, 0) is 11.2 Å². The minimum Gasteiger partial charge on any atom is -0.312 e. The van der Waals surface area contributed by atoms with Gasteiger partial charge in [0, 0.05) is 18.4 Å². The summed E-state index contributed by atoms with van der Waals surface area (Å²) in [5.74, 6) is 0.0753. The molecule has 1 amide bonds. The van der Waals surface area contributed by atoms with Crippen LogP contribution in [-0.4, -0.2) is 22.2 Å². The van der Waals surface area contributed by atoms with Gasteiger partial charge in [0.1, 0.15) is 0 Å². The maximum absolute atomic E-state index is 12.6. The van der Waals surface area contributed by atoms with Gasteiger partial charge in [0.05, 0.1) is 18.3 Å². The summed E-state index contributed by atoms with van der Waals surface area (Å²) >= 11 is 0.